The summed E-state index contributed by atoms with van der Waals surface area (Å²) in [5, 5.41) is 6.15. The lowest BCUT2D eigenvalue weighted by molar-refractivity contribution is -0.117. The molecule has 1 heterocycles. The van der Waals surface area contributed by atoms with Crippen molar-refractivity contribution in [1.82, 2.24) is 5.32 Å². The third-order valence-electron chi connectivity index (χ3n) is 3.14. The van der Waals surface area contributed by atoms with Crippen molar-refractivity contribution < 1.29 is 4.79 Å². The number of carbonyl (C=O) groups excluding carboxylic acids is 1. The molecule has 3 nitrogen and oxygen atoms in total. The Kier molecular flexibility index (Phi) is 4.15. The smallest absolute Gasteiger partial charge is 0.241 e. The van der Waals surface area contributed by atoms with E-state index in [1.165, 1.54) is 5.56 Å². The molecule has 0 aliphatic carbocycles. The van der Waals surface area contributed by atoms with E-state index in [0.717, 1.165) is 37.9 Å². The maximum absolute atomic E-state index is 11.9. The van der Waals surface area contributed by atoms with Crippen molar-refractivity contribution in [2.75, 3.05) is 11.9 Å². The molecule has 0 radical (unpaired) electrons. The number of hydrogen-bond acceptors (Lipinski definition) is 2. The van der Waals surface area contributed by atoms with Crippen molar-refractivity contribution in [1.29, 1.82) is 0 Å². The van der Waals surface area contributed by atoms with Gasteiger partial charge in [-0.25, -0.2) is 0 Å². The van der Waals surface area contributed by atoms with Gasteiger partial charge in [0.25, 0.3) is 0 Å². The van der Waals surface area contributed by atoms with Gasteiger partial charge < -0.3 is 10.6 Å². The number of benzene rings is 1. The third kappa shape index (κ3) is 3.30. The van der Waals surface area contributed by atoms with Gasteiger partial charge in [-0.2, -0.15) is 0 Å². The minimum atomic E-state index is -0.00896. The lowest BCUT2D eigenvalue weighted by Gasteiger charge is -2.11. The van der Waals surface area contributed by atoms with Crippen LogP contribution in [-0.2, 0) is 11.2 Å². The van der Waals surface area contributed by atoms with Crippen LogP contribution < -0.4 is 10.6 Å². The Morgan fingerprint density at radius 3 is 2.76 bits per heavy atom. The lowest BCUT2D eigenvalue weighted by Crippen LogP contribution is -2.35. The summed E-state index contributed by atoms with van der Waals surface area (Å²) in [5.74, 6) is 0.0886. The highest BCUT2D eigenvalue weighted by Crippen LogP contribution is 2.13. The number of anilines is 1. The standard InChI is InChI=1S/C14H20N2O/c1-2-4-11-6-8-12(9-7-11)16-14(17)13-5-3-10-15-13/h6-9,13,15H,2-5,10H2,1H3,(H,16,17)/t13-/m0/s1. The zero-order chi connectivity index (χ0) is 12.1. The van der Waals surface area contributed by atoms with Gasteiger partial charge in [-0.1, -0.05) is 25.5 Å². The zero-order valence-electron chi connectivity index (χ0n) is 10.3. The maximum atomic E-state index is 11.9. The molecule has 1 aliphatic heterocycles. The Balaban J connectivity index is 1.91. The van der Waals surface area contributed by atoms with E-state index in [1.54, 1.807) is 0 Å². The van der Waals surface area contributed by atoms with Crippen molar-refractivity contribution >= 4 is 11.6 Å². The molecule has 1 aromatic carbocycles. The Labute approximate surface area is 103 Å². The Morgan fingerprint density at radius 1 is 1.41 bits per heavy atom. The minimum absolute atomic E-state index is 0.00896. The molecule has 0 unspecified atom stereocenters. The molecule has 1 aromatic rings. The highest BCUT2D eigenvalue weighted by Gasteiger charge is 2.21. The minimum Gasteiger partial charge on any atom is -0.325 e. The van der Waals surface area contributed by atoms with Gasteiger partial charge in [0.15, 0.2) is 0 Å². The van der Waals surface area contributed by atoms with E-state index < -0.39 is 0 Å². The first kappa shape index (κ1) is 12.1. The molecule has 17 heavy (non-hydrogen) atoms. The van der Waals surface area contributed by atoms with E-state index in [0.29, 0.717) is 0 Å². The van der Waals surface area contributed by atoms with E-state index >= 15 is 0 Å². The topological polar surface area (TPSA) is 41.1 Å². The predicted molar refractivity (Wildman–Crippen MR) is 70.1 cm³/mol. The van der Waals surface area contributed by atoms with Gasteiger partial charge in [-0.3, -0.25) is 4.79 Å². The first-order valence-corrected chi connectivity index (χ1v) is 6.43. The second kappa shape index (κ2) is 5.82. The molecule has 1 atom stereocenters. The molecule has 92 valence electrons. The quantitative estimate of drug-likeness (QED) is 0.836. The molecular formula is C14H20N2O. The molecule has 1 amide bonds. The molecule has 2 N–H and O–H groups in total. The van der Waals surface area contributed by atoms with Gasteiger partial charge in [0.1, 0.15) is 0 Å². The fourth-order valence-electron chi connectivity index (χ4n) is 2.18. The molecule has 0 aromatic heterocycles. The summed E-state index contributed by atoms with van der Waals surface area (Å²) in [7, 11) is 0. The van der Waals surface area contributed by atoms with Crippen LogP contribution in [0.3, 0.4) is 0 Å². The number of hydrogen-bond donors (Lipinski definition) is 2. The Morgan fingerprint density at radius 2 is 2.18 bits per heavy atom. The average molecular weight is 232 g/mol. The summed E-state index contributed by atoms with van der Waals surface area (Å²) in [5.41, 5.74) is 2.22. The SMILES string of the molecule is CCCc1ccc(NC(=O)[C@@H]2CCCN2)cc1. The van der Waals surface area contributed by atoms with Crippen molar-refractivity contribution in [2.24, 2.45) is 0 Å². The van der Waals surface area contributed by atoms with Crippen molar-refractivity contribution in [3.8, 4) is 0 Å². The van der Waals surface area contributed by atoms with Crippen LogP contribution in [-0.4, -0.2) is 18.5 Å². The van der Waals surface area contributed by atoms with Crippen LogP contribution >= 0.6 is 0 Å². The highest BCUT2D eigenvalue weighted by atomic mass is 16.2. The van der Waals surface area contributed by atoms with Crippen LogP contribution in [0, 0.1) is 0 Å². The molecule has 0 spiro atoms. The van der Waals surface area contributed by atoms with Crippen LogP contribution in [0.5, 0.6) is 0 Å². The first-order chi connectivity index (χ1) is 8.29. The Bertz CT molecular complexity index is 366. The van der Waals surface area contributed by atoms with Crippen LogP contribution in [0.4, 0.5) is 5.69 Å². The molecule has 3 heteroatoms. The normalized spacial score (nSPS) is 19.2. The molecular weight excluding hydrogens is 212 g/mol. The summed E-state index contributed by atoms with van der Waals surface area (Å²) < 4.78 is 0. The summed E-state index contributed by atoms with van der Waals surface area (Å²) >= 11 is 0. The second-order valence-electron chi connectivity index (χ2n) is 4.59. The van der Waals surface area contributed by atoms with Crippen LogP contribution in [0.2, 0.25) is 0 Å². The van der Waals surface area contributed by atoms with Gasteiger partial charge in [-0.15, -0.1) is 0 Å². The second-order valence-corrected chi connectivity index (χ2v) is 4.59. The monoisotopic (exact) mass is 232 g/mol. The zero-order valence-corrected chi connectivity index (χ0v) is 10.3. The maximum Gasteiger partial charge on any atom is 0.241 e. The number of amides is 1. The van der Waals surface area contributed by atoms with E-state index in [-0.39, 0.29) is 11.9 Å². The van der Waals surface area contributed by atoms with Crippen LogP contribution in [0.1, 0.15) is 31.7 Å². The van der Waals surface area contributed by atoms with Crippen molar-refractivity contribution in [3.63, 3.8) is 0 Å². The van der Waals surface area contributed by atoms with Gasteiger partial charge >= 0.3 is 0 Å². The molecule has 1 fully saturated rings. The highest BCUT2D eigenvalue weighted by molar-refractivity contribution is 5.95. The van der Waals surface area contributed by atoms with Gasteiger partial charge in [0.2, 0.25) is 5.91 Å². The van der Waals surface area contributed by atoms with Crippen molar-refractivity contribution in [2.45, 2.75) is 38.6 Å². The summed E-state index contributed by atoms with van der Waals surface area (Å²) in [4.78, 5) is 11.9. The van der Waals surface area contributed by atoms with Crippen LogP contribution in [0.25, 0.3) is 0 Å². The number of nitrogens with one attached hydrogen (secondary N) is 2. The van der Waals surface area contributed by atoms with Crippen LogP contribution in [0.15, 0.2) is 24.3 Å². The molecule has 1 aliphatic rings. The summed E-state index contributed by atoms with van der Waals surface area (Å²) in [6, 6.07) is 8.13. The van der Waals surface area contributed by atoms with E-state index in [1.807, 2.05) is 12.1 Å². The summed E-state index contributed by atoms with van der Waals surface area (Å²) in [6.07, 6.45) is 4.28. The fraction of sp³-hybridized carbons (Fsp3) is 0.500. The molecule has 2 rings (SSSR count). The lowest BCUT2D eigenvalue weighted by atomic mass is 10.1. The number of rotatable bonds is 4. The largest absolute Gasteiger partial charge is 0.325 e. The molecule has 0 saturated carbocycles. The number of carbonyl (C=O) groups is 1. The Hall–Kier alpha value is -1.35. The van der Waals surface area contributed by atoms with E-state index in [9.17, 15) is 4.79 Å². The predicted octanol–water partition coefficient (Wildman–Crippen LogP) is 2.33. The molecule has 0 bridgehead atoms. The first-order valence-electron chi connectivity index (χ1n) is 6.43. The van der Waals surface area contributed by atoms with E-state index in [4.69, 9.17) is 0 Å². The number of aryl methyl sites for hydroxylation is 1. The third-order valence-corrected chi connectivity index (χ3v) is 3.14. The molecule has 1 saturated heterocycles. The van der Waals surface area contributed by atoms with E-state index in [2.05, 4.69) is 29.7 Å². The van der Waals surface area contributed by atoms with Gasteiger partial charge in [0, 0.05) is 5.69 Å². The summed E-state index contributed by atoms with van der Waals surface area (Å²) in [6.45, 7) is 3.12. The van der Waals surface area contributed by atoms with Crippen molar-refractivity contribution in [3.05, 3.63) is 29.8 Å². The van der Waals surface area contributed by atoms with Gasteiger partial charge in [-0.05, 0) is 43.5 Å². The average Bonchev–Trinajstić information content (AvgIpc) is 2.86. The fourth-order valence-corrected chi connectivity index (χ4v) is 2.18. The van der Waals surface area contributed by atoms with Gasteiger partial charge in [0.05, 0.1) is 6.04 Å².